The van der Waals surface area contributed by atoms with E-state index in [9.17, 15) is 9.59 Å². The van der Waals surface area contributed by atoms with E-state index in [-0.39, 0.29) is 16.8 Å². The quantitative estimate of drug-likeness (QED) is 0.125. The number of esters is 2. The molecule has 0 aromatic heterocycles. The molecule has 0 spiro atoms. The van der Waals surface area contributed by atoms with Crippen molar-refractivity contribution >= 4 is 17.6 Å². The third kappa shape index (κ3) is 9.94. The molecule has 1 N–H and O–H groups in total. The van der Waals surface area contributed by atoms with Gasteiger partial charge in [0.25, 0.3) is 0 Å². The summed E-state index contributed by atoms with van der Waals surface area (Å²) in [5.41, 5.74) is 5.60. The van der Waals surface area contributed by atoms with Crippen molar-refractivity contribution in [2.45, 2.75) is 105 Å². The second-order valence-electron chi connectivity index (χ2n) is 11.8. The summed E-state index contributed by atoms with van der Waals surface area (Å²) in [6, 6.07) is 12.0. The fraction of sp³-hybridized carbons (Fsp3) is 0.543. The van der Waals surface area contributed by atoms with Crippen molar-refractivity contribution in [2.75, 3.05) is 25.1 Å². The molecule has 0 fully saturated rings. The number of aryl methyl sites for hydroxylation is 1. The normalized spacial score (nSPS) is 12.2. The van der Waals surface area contributed by atoms with Gasteiger partial charge in [-0.3, -0.25) is 0 Å². The van der Waals surface area contributed by atoms with E-state index in [2.05, 4.69) is 65.1 Å². The molecule has 2 aromatic carbocycles. The Hall–Kier alpha value is -3.28. The highest BCUT2D eigenvalue weighted by atomic mass is 16.5. The van der Waals surface area contributed by atoms with Gasteiger partial charge in [0.2, 0.25) is 0 Å². The fourth-order valence-corrected chi connectivity index (χ4v) is 4.24. The lowest BCUT2D eigenvalue weighted by Crippen LogP contribution is -2.21. The Bertz CT molecular complexity index is 1200. The van der Waals surface area contributed by atoms with Crippen molar-refractivity contribution in [3.8, 4) is 5.75 Å². The van der Waals surface area contributed by atoms with E-state index in [1.807, 2.05) is 19.9 Å². The molecule has 0 bridgehead atoms. The molecule has 0 aliphatic carbocycles. The molecular formula is C35H51NO5. The van der Waals surface area contributed by atoms with Gasteiger partial charge < -0.3 is 19.5 Å². The Morgan fingerprint density at radius 1 is 0.854 bits per heavy atom. The van der Waals surface area contributed by atoms with Crippen molar-refractivity contribution in [2.24, 2.45) is 0 Å². The minimum atomic E-state index is -0.392. The Kier molecular flexibility index (Phi) is 12.9. The molecular weight excluding hydrogens is 514 g/mol. The first kappa shape index (κ1) is 33.9. The molecule has 0 radical (unpaired) electrons. The average Bonchev–Trinajstić information content (AvgIpc) is 2.95. The standard InChI is InChI=1S/C35H51NO5/c1-10-28(24-32(37)39-13-4)36-30-22-26(17-16-25(30)5)33(38)41-21-15-14-20-40-31-19-18-27(34(6,7)11-2)23-29(31)35(8,9)12-3/h16-19,22-24,36H,10-15,20-21H2,1-9H3. The monoisotopic (exact) mass is 565 g/mol. The number of ether oxygens (including phenoxy) is 3. The molecule has 0 heterocycles. The predicted octanol–water partition coefficient (Wildman–Crippen LogP) is 8.66. The summed E-state index contributed by atoms with van der Waals surface area (Å²) in [4.78, 5) is 24.6. The Labute approximate surface area is 247 Å². The Morgan fingerprint density at radius 3 is 2.17 bits per heavy atom. The highest BCUT2D eigenvalue weighted by molar-refractivity contribution is 5.91. The number of hydrogen-bond acceptors (Lipinski definition) is 6. The third-order valence-electron chi connectivity index (χ3n) is 8.02. The van der Waals surface area contributed by atoms with E-state index >= 15 is 0 Å². The highest BCUT2D eigenvalue weighted by Gasteiger charge is 2.26. The largest absolute Gasteiger partial charge is 0.493 e. The number of allylic oxidation sites excluding steroid dienone is 1. The van der Waals surface area contributed by atoms with E-state index in [0.29, 0.717) is 43.9 Å². The van der Waals surface area contributed by atoms with E-state index in [4.69, 9.17) is 14.2 Å². The molecule has 2 rings (SSSR count). The Balaban J connectivity index is 1.94. The Morgan fingerprint density at radius 2 is 1.54 bits per heavy atom. The van der Waals surface area contributed by atoms with E-state index in [0.717, 1.165) is 36.3 Å². The molecule has 0 aliphatic heterocycles. The van der Waals surface area contributed by atoms with Crippen LogP contribution in [0.5, 0.6) is 5.75 Å². The number of carbonyl (C=O) groups excluding carboxylic acids is 2. The molecule has 0 aliphatic rings. The summed E-state index contributed by atoms with van der Waals surface area (Å²) in [6.45, 7) is 20.4. The average molecular weight is 566 g/mol. The summed E-state index contributed by atoms with van der Waals surface area (Å²) in [7, 11) is 0. The van der Waals surface area contributed by atoms with Crippen LogP contribution in [0.2, 0.25) is 0 Å². The first-order valence-corrected chi connectivity index (χ1v) is 15.1. The van der Waals surface area contributed by atoms with Gasteiger partial charge in [-0.25, -0.2) is 9.59 Å². The summed E-state index contributed by atoms with van der Waals surface area (Å²) < 4.78 is 16.8. The number of benzene rings is 2. The maximum atomic E-state index is 12.7. The number of hydrogen-bond donors (Lipinski definition) is 1. The number of nitrogens with one attached hydrogen (secondary N) is 1. The second-order valence-corrected chi connectivity index (χ2v) is 11.8. The van der Waals surface area contributed by atoms with Gasteiger partial charge in [-0.05, 0) is 86.1 Å². The first-order valence-electron chi connectivity index (χ1n) is 15.1. The molecule has 226 valence electrons. The van der Waals surface area contributed by atoms with E-state index < -0.39 is 5.97 Å². The molecule has 0 saturated carbocycles. The lowest BCUT2D eigenvalue weighted by Gasteiger charge is -2.30. The maximum Gasteiger partial charge on any atom is 0.338 e. The van der Waals surface area contributed by atoms with Crippen LogP contribution >= 0.6 is 0 Å². The van der Waals surface area contributed by atoms with Crippen molar-refractivity contribution in [3.63, 3.8) is 0 Å². The second kappa shape index (κ2) is 15.6. The molecule has 0 saturated heterocycles. The number of rotatable bonds is 16. The fourth-order valence-electron chi connectivity index (χ4n) is 4.24. The zero-order chi connectivity index (χ0) is 30.6. The van der Waals surface area contributed by atoms with Gasteiger partial charge in [0.05, 0.1) is 25.4 Å². The smallest absolute Gasteiger partial charge is 0.338 e. The molecule has 0 amide bonds. The zero-order valence-electron chi connectivity index (χ0n) is 26.7. The van der Waals surface area contributed by atoms with Crippen LogP contribution < -0.4 is 10.1 Å². The van der Waals surface area contributed by atoms with Crippen molar-refractivity contribution in [1.82, 2.24) is 0 Å². The number of carbonyl (C=O) groups is 2. The van der Waals surface area contributed by atoms with E-state index in [1.54, 1.807) is 19.1 Å². The minimum absolute atomic E-state index is 0.0128. The summed E-state index contributed by atoms with van der Waals surface area (Å²) in [6.07, 6.45) is 5.65. The molecule has 0 atom stereocenters. The van der Waals surface area contributed by atoms with Gasteiger partial charge in [0, 0.05) is 23.0 Å². The van der Waals surface area contributed by atoms with Crippen molar-refractivity contribution < 1.29 is 23.8 Å². The van der Waals surface area contributed by atoms with Gasteiger partial charge in [-0.1, -0.05) is 66.7 Å². The van der Waals surface area contributed by atoms with Crippen LogP contribution in [0.25, 0.3) is 0 Å². The highest BCUT2D eigenvalue weighted by Crippen LogP contribution is 2.38. The zero-order valence-corrected chi connectivity index (χ0v) is 26.7. The summed E-state index contributed by atoms with van der Waals surface area (Å²) >= 11 is 0. The number of unbranched alkanes of at least 4 members (excludes halogenated alkanes) is 1. The van der Waals surface area contributed by atoms with Crippen LogP contribution in [0.1, 0.15) is 115 Å². The van der Waals surface area contributed by atoms with Gasteiger partial charge in [0.15, 0.2) is 0 Å². The lowest BCUT2D eigenvalue weighted by molar-refractivity contribution is -0.137. The van der Waals surface area contributed by atoms with E-state index in [1.165, 1.54) is 17.2 Å². The van der Waals surface area contributed by atoms with Crippen molar-refractivity contribution in [1.29, 1.82) is 0 Å². The molecule has 6 nitrogen and oxygen atoms in total. The maximum absolute atomic E-state index is 12.7. The topological polar surface area (TPSA) is 73.9 Å². The van der Waals surface area contributed by atoms with Gasteiger partial charge in [0.1, 0.15) is 5.75 Å². The van der Waals surface area contributed by atoms with Crippen LogP contribution in [0.15, 0.2) is 48.2 Å². The number of anilines is 1. The van der Waals surface area contributed by atoms with Gasteiger partial charge in [-0.15, -0.1) is 0 Å². The predicted molar refractivity (Wildman–Crippen MR) is 168 cm³/mol. The minimum Gasteiger partial charge on any atom is -0.493 e. The third-order valence-corrected chi connectivity index (χ3v) is 8.02. The van der Waals surface area contributed by atoms with Crippen LogP contribution in [-0.2, 0) is 25.1 Å². The van der Waals surface area contributed by atoms with Crippen LogP contribution in [0.3, 0.4) is 0 Å². The van der Waals surface area contributed by atoms with Gasteiger partial charge >= 0.3 is 11.9 Å². The summed E-state index contributed by atoms with van der Waals surface area (Å²) in [5, 5.41) is 3.25. The van der Waals surface area contributed by atoms with Crippen LogP contribution in [0.4, 0.5) is 5.69 Å². The SMILES string of the molecule is CCOC(=O)C=C(CC)Nc1cc(C(=O)OCCCCOc2ccc(C(C)(C)CC)cc2C(C)(C)CC)ccc1C. The van der Waals surface area contributed by atoms with Crippen LogP contribution in [0, 0.1) is 6.92 Å². The molecule has 41 heavy (non-hydrogen) atoms. The summed E-state index contributed by atoms with van der Waals surface area (Å²) in [5.74, 6) is 0.173. The first-order chi connectivity index (χ1) is 19.4. The van der Waals surface area contributed by atoms with Crippen LogP contribution in [-0.4, -0.2) is 31.8 Å². The molecule has 2 aromatic rings. The van der Waals surface area contributed by atoms with Crippen molar-refractivity contribution in [3.05, 3.63) is 70.4 Å². The molecule has 6 heteroatoms. The lowest BCUT2D eigenvalue weighted by atomic mass is 9.76. The molecule has 0 unspecified atom stereocenters. The van der Waals surface area contributed by atoms with Gasteiger partial charge in [-0.2, -0.15) is 0 Å².